The second-order valence-corrected chi connectivity index (χ2v) is 8.10. The highest BCUT2D eigenvalue weighted by atomic mass is 32.2. The van der Waals surface area contributed by atoms with Gasteiger partial charge in [0.25, 0.3) is 10.2 Å². The molecule has 2 heterocycles. The Morgan fingerprint density at radius 2 is 1.77 bits per heavy atom. The predicted molar refractivity (Wildman–Crippen MR) is 81.1 cm³/mol. The van der Waals surface area contributed by atoms with Crippen molar-refractivity contribution in [2.45, 2.75) is 12.8 Å². The van der Waals surface area contributed by atoms with Crippen LogP contribution in [-0.4, -0.2) is 92.5 Å². The lowest BCUT2D eigenvalue weighted by atomic mass is 9.98. The molecule has 2 fully saturated rings. The van der Waals surface area contributed by atoms with Crippen LogP contribution < -0.4 is 0 Å². The molecule has 0 aromatic carbocycles. The average Bonchev–Trinajstić information content (AvgIpc) is 2.54. The van der Waals surface area contributed by atoms with Crippen molar-refractivity contribution < 1.29 is 18.0 Å². The summed E-state index contributed by atoms with van der Waals surface area (Å²) in [7, 11) is -0.470. The van der Waals surface area contributed by atoms with Gasteiger partial charge in [0.2, 0.25) is 12.3 Å². The van der Waals surface area contributed by atoms with Crippen LogP contribution in [0.3, 0.4) is 0 Å². The molecule has 2 amide bonds. The highest BCUT2D eigenvalue weighted by Gasteiger charge is 2.35. The van der Waals surface area contributed by atoms with E-state index >= 15 is 0 Å². The van der Waals surface area contributed by atoms with Gasteiger partial charge in [-0.05, 0) is 12.8 Å². The fourth-order valence-electron chi connectivity index (χ4n) is 2.89. The summed E-state index contributed by atoms with van der Waals surface area (Å²) in [4.78, 5) is 26.7. The number of amides is 2. The molecule has 0 radical (unpaired) electrons. The third-order valence-electron chi connectivity index (χ3n) is 4.30. The van der Waals surface area contributed by atoms with Crippen molar-refractivity contribution in [1.82, 2.24) is 18.4 Å². The largest absolute Gasteiger partial charge is 0.342 e. The highest BCUT2D eigenvalue weighted by Crippen LogP contribution is 2.22. The van der Waals surface area contributed by atoms with E-state index in [0.717, 1.165) is 6.41 Å². The van der Waals surface area contributed by atoms with Gasteiger partial charge in [-0.25, -0.2) is 0 Å². The monoisotopic (exact) mass is 332 g/mol. The van der Waals surface area contributed by atoms with Gasteiger partial charge < -0.3 is 9.80 Å². The van der Waals surface area contributed by atoms with Crippen molar-refractivity contribution in [3.63, 3.8) is 0 Å². The van der Waals surface area contributed by atoms with Gasteiger partial charge in [0, 0.05) is 53.4 Å². The zero-order valence-electron chi connectivity index (χ0n) is 13.1. The van der Waals surface area contributed by atoms with Crippen LogP contribution in [0.1, 0.15) is 12.8 Å². The number of carbonyl (C=O) groups excluding carboxylic acids is 2. The number of piperidine rings is 1. The molecule has 2 aliphatic rings. The van der Waals surface area contributed by atoms with Crippen LogP contribution in [0.4, 0.5) is 0 Å². The molecule has 8 nitrogen and oxygen atoms in total. The maximum atomic E-state index is 12.6. The summed E-state index contributed by atoms with van der Waals surface area (Å²) in [6.07, 6.45) is 2.21. The summed E-state index contributed by atoms with van der Waals surface area (Å²) in [5, 5.41) is 0. The molecular weight excluding hydrogens is 308 g/mol. The van der Waals surface area contributed by atoms with Crippen molar-refractivity contribution in [2.75, 3.05) is 53.4 Å². The van der Waals surface area contributed by atoms with Gasteiger partial charge in [0.1, 0.15) is 0 Å². The van der Waals surface area contributed by atoms with Gasteiger partial charge in [-0.1, -0.05) is 0 Å². The van der Waals surface area contributed by atoms with Gasteiger partial charge >= 0.3 is 0 Å². The standard InChI is InChI=1S/C13H24N4O4S/c1-14(2)22(20,21)17-5-3-4-12(10-17)13(19)16-8-6-15(11-18)7-9-16/h11-12H,3-10H2,1-2H3/t12-/m0/s1. The molecule has 0 aromatic rings. The summed E-state index contributed by atoms with van der Waals surface area (Å²) < 4.78 is 27.0. The summed E-state index contributed by atoms with van der Waals surface area (Å²) in [6, 6.07) is 0. The van der Waals surface area contributed by atoms with E-state index in [1.54, 1.807) is 9.80 Å². The minimum Gasteiger partial charge on any atom is -0.342 e. The maximum Gasteiger partial charge on any atom is 0.281 e. The summed E-state index contributed by atoms with van der Waals surface area (Å²) in [6.45, 7) is 2.84. The fraction of sp³-hybridized carbons (Fsp3) is 0.846. The summed E-state index contributed by atoms with van der Waals surface area (Å²) in [5.41, 5.74) is 0. The van der Waals surface area contributed by atoms with E-state index in [1.807, 2.05) is 0 Å². The maximum absolute atomic E-state index is 12.6. The average molecular weight is 332 g/mol. The summed E-state index contributed by atoms with van der Waals surface area (Å²) in [5.74, 6) is -0.282. The van der Waals surface area contributed by atoms with E-state index < -0.39 is 10.2 Å². The number of nitrogens with zero attached hydrogens (tertiary/aromatic N) is 4. The van der Waals surface area contributed by atoms with Crippen LogP contribution in [0, 0.1) is 5.92 Å². The Bertz CT molecular complexity index is 514. The SMILES string of the molecule is CN(C)S(=O)(=O)N1CCC[C@H](C(=O)N2CCN(C=O)CC2)C1. The minimum atomic E-state index is -3.47. The first-order valence-electron chi connectivity index (χ1n) is 7.52. The van der Waals surface area contributed by atoms with Crippen molar-refractivity contribution in [2.24, 2.45) is 5.92 Å². The lowest BCUT2D eigenvalue weighted by molar-refractivity contribution is -0.140. The smallest absolute Gasteiger partial charge is 0.281 e. The predicted octanol–water partition coefficient (Wildman–Crippen LogP) is -1.19. The van der Waals surface area contributed by atoms with Crippen LogP contribution >= 0.6 is 0 Å². The fourth-order valence-corrected chi connectivity index (χ4v) is 4.08. The van der Waals surface area contributed by atoms with E-state index in [0.29, 0.717) is 45.6 Å². The zero-order valence-corrected chi connectivity index (χ0v) is 14.0. The van der Waals surface area contributed by atoms with Gasteiger partial charge in [-0.3, -0.25) is 9.59 Å². The van der Waals surface area contributed by atoms with Crippen LogP contribution in [-0.2, 0) is 19.8 Å². The Hall–Kier alpha value is -1.19. The van der Waals surface area contributed by atoms with E-state index in [-0.39, 0.29) is 18.4 Å². The molecule has 2 saturated heterocycles. The first kappa shape index (κ1) is 17.2. The highest BCUT2D eigenvalue weighted by molar-refractivity contribution is 7.86. The molecule has 0 spiro atoms. The van der Waals surface area contributed by atoms with E-state index in [1.165, 1.54) is 22.7 Å². The minimum absolute atomic E-state index is 0.00389. The zero-order chi connectivity index (χ0) is 16.3. The van der Waals surface area contributed by atoms with Gasteiger partial charge in [0.05, 0.1) is 5.92 Å². The normalized spacial score (nSPS) is 24.6. The molecular formula is C13H24N4O4S. The second kappa shape index (κ2) is 6.93. The van der Waals surface area contributed by atoms with Crippen LogP contribution in [0.2, 0.25) is 0 Å². The molecule has 0 aliphatic carbocycles. The number of carbonyl (C=O) groups is 2. The number of hydrogen-bond donors (Lipinski definition) is 0. The Morgan fingerprint density at radius 3 is 2.32 bits per heavy atom. The molecule has 1 atom stereocenters. The van der Waals surface area contributed by atoms with E-state index in [4.69, 9.17) is 0 Å². The molecule has 126 valence electrons. The molecule has 9 heteroatoms. The first-order valence-corrected chi connectivity index (χ1v) is 8.91. The van der Waals surface area contributed by atoms with Crippen LogP contribution in [0.5, 0.6) is 0 Å². The Labute approximate surface area is 131 Å². The molecule has 0 aromatic heterocycles. The van der Waals surface area contributed by atoms with E-state index in [9.17, 15) is 18.0 Å². The number of hydrogen-bond acceptors (Lipinski definition) is 4. The molecule has 2 aliphatic heterocycles. The quantitative estimate of drug-likeness (QED) is 0.606. The second-order valence-electron chi connectivity index (χ2n) is 5.95. The third kappa shape index (κ3) is 3.58. The van der Waals surface area contributed by atoms with Gasteiger partial charge in [-0.2, -0.15) is 17.0 Å². The molecule has 0 bridgehead atoms. The molecule has 22 heavy (non-hydrogen) atoms. The lowest BCUT2D eigenvalue weighted by Crippen LogP contribution is -2.53. The van der Waals surface area contributed by atoms with Gasteiger partial charge in [-0.15, -0.1) is 0 Å². The molecule has 0 unspecified atom stereocenters. The third-order valence-corrected chi connectivity index (χ3v) is 6.20. The Kier molecular flexibility index (Phi) is 5.41. The molecule has 0 N–H and O–H groups in total. The van der Waals surface area contributed by atoms with Crippen molar-refractivity contribution in [3.05, 3.63) is 0 Å². The topological polar surface area (TPSA) is 81.2 Å². The molecule has 2 rings (SSSR count). The van der Waals surface area contributed by atoms with Gasteiger partial charge in [0.15, 0.2) is 0 Å². The first-order chi connectivity index (χ1) is 10.4. The lowest BCUT2D eigenvalue weighted by Gasteiger charge is -2.38. The van der Waals surface area contributed by atoms with Crippen LogP contribution in [0.15, 0.2) is 0 Å². The molecule has 0 saturated carbocycles. The number of piperazine rings is 1. The number of rotatable bonds is 4. The van der Waals surface area contributed by atoms with Crippen molar-refractivity contribution >= 4 is 22.5 Å². The van der Waals surface area contributed by atoms with Crippen molar-refractivity contribution in [1.29, 1.82) is 0 Å². The van der Waals surface area contributed by atoms with Crippen LogP contribution in [0.25, 0.3) is 0 Å². The van der Waals surface area contributed by atoms with Crippen molar-refractivity contribution in [3.8, 4) is 0 Å². The Balaban J connectivity index is 1.98. The Morgan fingerprint density at radius 1 is 1.14 bits per heavy atom. The summed E-state index contributed by atoms with van der Waals surface area (Å²) >= 11 is 0. The van der Waals surface area contributed by atoms with E-state index in [2.05, 4.69) is 0 Å².